The van der Waals surface area contributed by atoms with Crippen LogP contribution in [-0.2, 0) is 4.74 Å². The highest BCUT2D eigenvalue weighted by molar-refractivity contribution is 5.89. The number of anilines is 1. The third-order valence-electron chi connectivity index (χ3n) is 2.83. The highest BCUT2D eigenvalue weighted by Gasteiger charge is 2.28. The van der Waals surface area contributed by atoms with E-state index in [-0.39, 0.29) is 12.5 Å². The van der Waals surface area contributed by atoms with Crippen LogP contribution >= 0.6 is 0 Å². The van der Waals surface area contributed by atoms with E-state index in [0.717, 1.165) is 17.9 Å². The van der Waals surface area contributed by atoms with Crippen molar-refractivity contribution in [2.24, 2.45) is 0 Å². The predicted molar refractivity (Wildman–Crippen MR) is 58.7 cm³/mol. The average Bonchev–Trinajstić information content (AvgIpc) is 2.64. The molecule has 5 heteroatoms. The molecule has 0 aliphatic carbocycles. The lowest BCUT2D eigenvalue weighted by molar-refractivity contribution is 0.0600. The molecule has 0 saturated heterocycles. The number of aliphatic hydroxyl groups excluding tert-OH is 1. The Morgan fingerprint density at radius 1 is 1.75 bits per heavy atom. The van der Waals surface area contributed by atoms with Gasteiger partial charge < -0.3 is 14.7 Å². The Morgan fingerprint density at radius 3 is 3.12 bits per heavy atom. The molecule has 0 spiro atoms. The van der Waals surface area contributed by atoms with E-state index in [0.29, 0.717) is 5.56 Å². The van der Waals surface area contributed by atoms with E-state index in [1.807, 2.05) is 11.9 Å². The van der Waals surface area contributed by atoms with Gasteiger partial charge in [-0.05, 0) is 6.07 Å². The fourth-order valence-electron chi connectivity index (χ4n) is 1.99. The van der Waals surface area contributed by atoms with Crippen molar-refractivity contribution >= 4 is 11.8 Å². The van der Waals surface area contributed by atoms with Gasteiger partial charge in [-0.1, -0.05) is 0 Å². The number of carbonyl (C=O) groups is 1. The van der Waals surface area contributed by atoms with E-state index in [2.05, 4.69) is 9.72 Å². The SMILES string of the molecule is COC(=O)c1cnc2c(c1)C(CO)CN2C. The molecule has 2 rings (SSSR count). The minimum Gasteiger partial charge on any atom is -0.465 e. The zero-order valence-electron chi connectivity index (χ0n) is 9.30. The van der Waals surface area contributed by atoms with Crippen LogP contribution in [0.4, 0.5) is 5.82 Å². The summed E-state index contributed by atoms with van der Waals surface area (Å²) in [5.74, 6) is 0.449. The summed E-state index contributed by atoms with van der Waals surface area (Å²) in [7, 11) is 3.25. The summed E-state index contributed by atoms with van der Waals surface area (Å²) in [5, 5.41) is 9.25. The first-order valence-corrected chi connectivity index (χ1v) is 5.07. The number of fused-ring (bicyclic) bond motifs is 1. The molecule has 1 aromatic heterocycles. The van der Waals surface area contributed by atoms with E-state index in [1.54, 1.807) is 6.07 Å². The van der Waals surface area contributed by atoms with Crippen molar-refractivity contribution in [2.75, 3.05) is 32.2 Å². The third-order valence-corrected chi connectivity index (χ3v) is 2.83. The minimum atomic E-state index is -0.401. The standard InChI is InChI=1S/C11H14N2O3/c1-13-5-8(6-14)9-3-7(11(15)16-2)4-12-10(9)13/h3-4,8,14H,5-6H2,1-2H3. The zero-order valence-corrected chi connectivity index (χ0v) is 9.30. The lowest BCUT2D eigenvalue weighted by Gasteiger charge is -2.10. The number of carbonyl (C=O) groups excluding carboxylic acids is 1. The molecule has 0 amide bonds. The van der Waals surface area contributed by atoms with E-state index >= 15 is 0 Å². The van der Waals surface area contributed by atoms with Crippen molar-refractivity contribution in [3.8, 4) is 0 Å². The maximum Gasteiger partial charge on any atom is 0.339 e. The normalized spacial score (nSPS) is 18.4. The van der Waals surface area contributed by atoms with Crippen LogP contribution in [0.1, 0.15) is 21.8 Å². The Balaban J connectivity index is 2.41. The number of pyridine rings is 1. The number of esters is 1. The number of likely N-dealkylation sites (N-methyl/N-ethyl adjacent to an activating group) is 1. The summed E-state index contributed by atoms with van der Waals surface area (Å²) in [4.78, 5) is 17.5. The summed E-state index contributed by atoms with van der Waals surface area (Å²) in [6.45, 7) is 0.785. The Morgan fingerprint density at radius 2 is 2.50 bits per heavy atom. The quantitative estimate of drug-likeness (QED) is 0.733. The second-order valence-electron chi connectivity index (χ2n) is 3.89. The molecule has 0 aromatic carbocycles. The highest BCUT2D eigenvalue weighted by atomic mass is 16.5. The topological polar surface area (TPSA) is 62.7 Å². The van der Waals surface area contributed by atoms with Crippen LogP contribution in [0.25, 0.3) is 0 Å². The number of aromatic nitrogens is 1. The van der Waals surface area contributed by atoms with Gasteiger partial charge in [0.1, 0.15) is 5.82 Å². The van der Waals surface area contributed by atoms with Gasteiger partial charge in [0.25, 0.3) is 0 Å². The van der Waals surface area contributed by atoms with E-state index in [4.69, 9.17) is 0 Å². The van der Waals surface area contributed by atoms with Crippen LogP contribution < -0.4 is 4.90 Å². The zero-order chi connectivity index (χ0) is 11.7. The minimum absolute atomic E-state index is 0.0251. The first-order chi connectivity index (χ1) is 7.67. The molecule has 1 aliphatic heterocycles. The highest BCUT2D eigenvalue weighted by Crippen LogP contribution is 2.33. The van der Waals surface area contributed by atoms with Crippen LogP contribution in [0.3, 0.4) is 0 Å². The van der Waals surface area contributed by atoms with Gasteiger partial charge in [0.05, 0.1) is 19.3 Å². The van der Waals surface area contributed by atoms with Gasteiger partial charge in [0, 0.05) is 31.3 Å². The Hall–Kier alpha value is -1.62. The molecule has 1 aliphatic rings. The number of nitrogens with zero attached hydrogens (tertiary/aromatic N) is 2. The second-order valence-corrected chi connectivity index (χ2v) is 3.89. The van der Waals surface area contributed by atoms with Crippen LogP contribution in [0.5, 0.6) is 0 Å². The van der Waals surface area contributed by atoms with Crippen LogP contribution in [0.15, 0.2) is 12.3 Å². The van der Waals surface area contributed by atoms with Crippen LogP contribution in [-0.4, -0.2) is 43.4 Å². The Kier molecular flexibility index (Phi) is 2.78. The number of methoxy groups -OCH3 is 1. The summed E-state index contributed by atoms with van der Waals surface area (Å²) >= 11 is 0. The van der Waals surface area contributed by atoms with Crippen molar-refractivity contribution in [3.05, 3.63) is 23.4 Å². The maximum atomic E-state index is 11.4. The van der Waals surface area contributed by atoms with Gasteiger partial charge in [0.2, 0.25) is 0 Å². The van der Waals surface area contributed by atoms with E-state index < -0.39 is 5.97 Å². The number of aliphatic hydroxyl groups is 1. The predicted octanol–water partition coefficient (Wildman–Crippen LogP) is 0.394. The molecule has 1 unspecified atom stereocenters. The maximum absolute atomic E-state index is 11.4. The monoisotopic (exact) mass is 222 g/mol. The number of hydrogen-bond donors (Lipinski definition) is 1. The average molecular weight is 222 g/mol. The van der Waals surface area contributed by atoms with Crippen molar-refractivity contribution < 1.29 is 14.6 Å². The van der Waals surface area contributed by atoms with Crippen molar-refractivity contribution in [1.82, 2.24) is 4.98 Å². The van der Waals surface area contributed by atoms with Crippen molar-refractivity contribution in [2.45, 2.75) is 5.92 Å². The molecule has 2 heterocycles. The molecule has 5 nitrogen and oxygen atoms in total. The van der Waals surface area contributed by atoms with Crippen LogP contribution in [0.2, 0.25) is 0 Å². The van der Waals surface area contributed by atoms with Gasteiger partial charge in [-0.2, -0.15) is 0 Å². The largest absolute Gasteiger partial charge is 0.465 e. The van der Waals surface area contributed by atoms with Gasteiger partial charge in [-0.15, -0.1) is 0 Å². The fourth-order valence-corrected chi connectivity index (χ4v) is 1.99. The summed E-state index contributed by atoms with van der Waals surface area (Å²) < 4.78 is 4.64. The van der Waals surface area contributed by atoms with E-state index in [1.165, 1.54) is 13.3 Å². The molecule has 0 radical (unpaired) electrons. The summed E-state index contributed by atoms with van der Waals surface area (Å²) in [6.07, 6.45) is 1.50. The van der Waals surface area contributed by atoms with Crippen molar-refractivity contribution in [1.29, 1.82) is 0 Å². The molecule has 0 fully saturated rings. The van der Waals surface area contributed by atoms with Gasteiger partial charge in [-0.25, -0.2) is 9.78 Å². The molecule has 1 atom stereocenters. The lowest BCUT2D eigenvalue weighted by atomic mass is 10.0. The van der Waals surface area contributed by atoms with Crippen LogP contribution in [0, 0.1) is 0 Å². The summed E-state index contributed by atoms with van der Waals surface area (Å²) in [5.41, 5.74) is 1.34. The van der Waals surface area contributed by atoms with Gasteiger partial charge in [-0.3, -0.25) is 0 Å². The molecule has 1 aromatic rings. The molecular formula is C11H14N2O3. The van der Waals surface area contributed by atoms with Gasteiger partial charge in [0.15, 0.2) is 0 Å². The summed E-state index contributed by atoms with van der Waals surface area (Å²) in [6, 6.07) is 1.75. The number of rotatable bonds is 2. The lowest BCUT2D eigenvalue weighted by Crippen LogP contribution is -2.17. The number of hydrogen-bond acceptors (Lipinski definition) is 5. The number of ether oxygens (including phenoxy) is 1. The second kappa shape index (κ2) is 4.09. The first-order valence-electron chi connectivity index (χ1n) is 5.07. The Bertz CT molecular complexity index is 420. The van der Waals surface area contributed by atoms with Gasteiger partial charge >= 0.3 is 5.97 Å². The van der Waals surface area contributed by atoms with Crippen molar-refractivity contribution in [3.63, 3.8) is 0 Å². The molecule has 0 bridgehead atoms. The Labute approximate surface area is 93.7 Å². The third kappa shape index (κ3) is 1.63. The first kappa shape index (κ1) is 10.9. The molecule has 16 heavy (non-hydrogen) atoms. The smallest absolute Gasteiger partial charge is 0.339 e. The van der Waals surface area contributed by atoms with E-state index in [9.17, 15) is 9.90 Å². The molecular weight excluding hydrogens is 208 g/mol. The molecule has 1 N–H and O–H groups in total. The fraction of sp³-hybridized carbons (Fsp3) is 0.455. The molecule has 86 valence electrons. The molecule has 0 saturated carbocycles.